The number of methoxy groups -OCH3 is 1. The molecule has 0 bridgehead atoms. The average molecular weight is 302 g/mol. The quantitative estimate of drug-likeness (QED) is 0.702. The Labute approximate surface area is 115 Å². The van der Waals surface area contributed by atoms with Gasteiger partial charge in [-0.3, -0.25) is 14.3 Å². The highest BCUT2D eigenvalue weighted by atomic mass is 32.2. The van der Waals surface area contributed by atoms with Crippen LogP contribution in [0.3, 0.4) is 0 Å². The monoisotopic (exact) mass is 302 g/mol. The van der Waals surface area contributed by atoms with Gasteiger partial charge in [0.2, 0.25) is 15.9 Å². The van der Waals surface area contributed by atoms with Crippen LogP contribution in [0.4, 0.5) is 11.4 Å². The number of carbonyl (C=O) groups is 2. The molecular weight excluding hydrogens is 288 g/mol. The first-order valence-electron chi connectivity index (χ1n) is 5.41. The molecule has 20 heavy (non-hydrogen) atoms. The molecule has 0 saturated carbocycles. The summed E-state index contributed by atoms with van der Waals surface area (Å²) in [5.41, 5.74) is 0.395. The van der Waals surface area contributed by atoms with Crippen molar-refractivity contribution in [2.45, 2.75) is 6.92 Å². The van der Waals surface area contributed by atoms with Crippen molar-refractivity contribution in [1.82, 2.24) is 0 Å². The molecule has 0 spiro atoms. The minimum absolute atomic E-state index is 0.0417. The van der Waals surface area contributed by atoms with E-state index in [0.717, 1.165) is 0 Å². The fourth-order valence-electron chi connectivity index (χ4n) is 1.43. The average Bonchev–Trinajstić information content (AvgIpc) is 2.25. The Morgan fingerprint density at radius 1 is 1.35 bits per heavy atom. The maximum absolute atomic E-state index is 11.6. The van der Waals surface area contributed by atoms with Gasteiger partial charge in [-0.25, -0.2) is 8.42 Å². The third-order valence-corrected chi connectivity index (χ3v) is 3.26. The van der Waals surface area contributed by atoms with Crippen LogP contribution in [0.1, 0.15) is 6.92 Å². The summed E-state index contributed by atoms with van der Waals surface area (Å²) in [6.45, 7) is 1.30. The molecule has 0 fully saturated rings. The highest BCUT2D eigenvalue weighted by Crippen LogP contribution is 2.28. The van der Waals surface area contributed by atoms with Gasteiger partial charge in [0.15, 0.2) is 5.75 Å². The van der Waals surface area contributed by atoms with Gasteiger partial charge >= 0.3 is 5.97 Å². The van der Waals surface area contributed by atoms with Crippen LogP contribution in [0.5, 0.6) is 5.75 Å². The minimum atomic E-state index is -4.05. The summed E-state index contributed by atoms with van der Waals surface area (Å²) in [6.07, 6.45) is 0. The fourth-order valence-corrected chi connectivity index (χ4v) is 2.33. The van der Waals surface area contributed by atoms with E-state index in [4.69, 9.17) is 9.84 Å². The Morgan fingerprint density at radius 2 is 2.00 bits per heavy atom. The van der Waals surface area contributed by atoms with Crippen LogP contribution in [0, 0.1) is 0 Å². The van der Waals surface area contributed by atoms with E-state index in [0.29, 0.717) is 5.69 Å². The van der Waals surface area contributed by atoms with Gasteiger partial charge in [0, 0.05) is 12.6 Å². The van der Waals surface area contributed by atoms with Crippen molar-refractivity contribution in [3.63, 3.8) is 0 Å². The van der Waals surface area contributed by atoms with E-state index in [1.54, 1.807) is 0 Å². The molecular formula is C11H14N2O6S. The third kappa shape index (κ3) is 4.76. The molecule has 0 atom stereocenters. The number of amides is 1. The lowest BCUT2D eigenvalue weighted by atomic mass is 10.2. The number of ether oxygens (including phenoxy) is 1. The zero-order valence-corrected chi connectivity index (χ0v) is 11.7. The van der Waals surface area contributed by atoms with Crippen molar-refractivity contribution in [2.24, 2.45) is 0 Å². The molecule has 1 rings (SSSR count). The van der Waals surface area contributed by atoms with E-state index in [9.17, 15) is 18.0 Å². The highest BCUT2D eigenvalue weighted by Gasteiger charge is 2.18. The molecule has 8 nitrogen and oxygen atoms in total. The van der Waals surface area contributed by atoms with Crippen LogP contribution in [-0.2, 0) is 19.6 Å². The van der Waals surface area contributed by atoms with Crippen molar-refractivity contribution < 1.29 is 27.9 Å². The molecule has 9 heteroatoms. The van der Waals surface area contributed by atoms with E-state index < -0.39 is 21.7 Å². The van der Waals surface area contributed by atoms with Crippen LogP contribution >= 0.6 is 0 Å². The fraction of sp³-hybridized carbons (Fsp3) is 0.273. The number of carbonyl (C=O) groups excluding carboxylic acids is 1. The molecule has 0 saturated heterocycles. The number of carboxylic acids is 1. The molecule has 3 N–H and O–H groups in total. The molecule has 0 unspecified atom stereocenters. The number of sulfonamides is 1. The van der Waals surface area contributed by atoms with Gasteiger partial charge in [-0.2, -0.15) is 0 Å². The SMILES string of the molecule is COc1ccc(NC(C)=O)cc1NS(=O)(=O)CC(=O)O. The number of hydrogen-bond acceptors (Lipinski definition) is 5. The molecule has 0 aliphatic rings. The Bertz CT molecular complexity index is 626. The number of anilines is 2. The molecule has 0 heterocycles. The predicted octanol–water partition coefficient (Wildman–Crippen LogP) is 0.480. The van der Waals surface area contributed by atoms with Crippen LogP contribution in [0.25, 0.3) is 0 Å². The molecule has 1 aromatic rings. The largest absolute Gasteiger partial charge is 0.495 e. The summed E-state index contributed by atoms with van der Waals surface area (Å²) in [4.78, 5) is 21.4. The van der Waals surface area contributed by atoms with Crippen LogP contribution in [0.15, 0.2) is 18.2 Å². The highest BCUT2D eigenvalue weighted by molar-refractivity contribution is 7.93. The summed E-state index contributed by atoms with van der Waals surface area (Å²) < 4.78 is 30.2. The van der Waals surface area contributed by atoms with Crippen molar-refractivity contribution >= 4 is 33.3 Å². The number of aliphatic carboxylic acids is 1. The smallest absolute Gasteiger partial charge is 0.320 e. The van der Waals surface area contributed by atoms with Crippen molar-refractivity contribution in [3.8, 4) is 5.75 Å². The van der Waals surface area contributed by atoms with E-state index in [1.165, 1.54) is 32.2 Å². The van der Waals surface area contributed by atoms with Crippen LogP contribution < -0.4 is 14.8 Å². The predicted molar refractivity (Wildman–Crippen MR) is 72.3 cm³/mol. The summed E-state index contributed by atoms with van der Waals surface area (Å²) in [7, 11) is -2.72. The lowest BCUT2D eigenvalue weighted by Crippen LogP contribution is -2.22. The maximum Gasteiger partial charge on any atom is 0.320 e. The molecule has 0 aliphatic carbocycles. The summed E-state index contributed by atoms with van der Waals surface area (Å²) in [6, 6.07) is 4.30. The molecule has 0 radical (unpaired) electrons. The van der Waals surface area contributed by atoms with Gasteiger partial charge in [0.1, 0.15) is 5.75 Å². The first-order valence-corrected chi connectivity index (χ1v) is 7.06. The Morgan fingerprint density at radius 3 is 2.50 bits per heavy atom. The second-order valence-corrected chi connectivity index (χ2v) is 5.57. The number of rotatable bonds is 6. The second kappa shape index (κ2) is 6.24. The third-order valence-electron chi connectivity index (χ3n) is 2.10. The lowest BCUT2D eigenvalue weighted by molar-refractivity contribution is -0.134. The van der Waals surface area contributed by atoms with E-state index in [2.05, 4.69) is 10.0 Å². The molecule has 0 aliphatic heterocycles. The molecule has 110 valence electrons. The molecule has 1 amide bonds. The summed E-state index contributed by atoms with van der Waals surface area (Å²) in [5.74, 6) is -2.67. The first-order chi connectivity index (χ1) is 9.23. The van der Waals surface area contributed by atoms with E-state index in [-0.39, 0.29) is 17.3 Å². The van der Waals surface area contributed by atoms with Gasteiger partial charge in [0.05, 0.1) is 12.8 Å². The van der Waals surface area contributed by atoms with Gasteiger partial charge in [-0.05, 0) is 18.2 Å². The summed E-state index contributed by atoms with van der Waals surface area (Å²) in [5, 5.41) is 11.0. The zero-order valence-electron chi connectivity index (χ0n) is 10.8. The number of hydrogen-bond donors (Lipinski definition) is 3. The van der Waals surface area contributed by atoms with Crippen molar-refractivity contribution in [1.29, 1.82) is 0 Å². The van der Waals surface area contributed by atoms with Crippen molar-refractivity contribution in [2.75, 3.05) is 22.9 Å². The van der Waals surface area contributed by atoms with E-state index in [1.807, 2.05) is 0 Å². The molecule has 0 aromatic heterocycles. The van der Waals surface area contributed by atoms with Gasteiger partial charge in [0.25, 0.3) is 0 Å². The van der Waals surface area contributed by atoms with Gasteiger partial charge < -0.3 is 15.2 Å². The number of carboxylic acid groups (broad SMARTS) is 1. The van der Waals surface area contributed by atoms with Gasteiger partial charge in [-0.1, -0.05) is 0 Å². The minimum Gasteiger partial charge on any atom is -0.495 e. The summed E-state index contributed by atoms with van der Waals surface area (Å²) >= 11 is 0. The number of benzene rings is 1. The molecule has 1 aromatic carbocycles. The first kappa shape index (κ1) is 15.8. The Balaban J connectivity index is 3.08. The van der Waals surface area contributed by atoms with Crippen LogP contribution in [0.2, 0.25) is 0 Å². The second-order valence-electron chi connectivity index (χ2n) is 3.85. The zero-order chi connectivity index (χ0) is 15.3. The van der Waals surface area contributed by atoms with Crippen molar-refractivity contribution in [3.05, 3.63) is 18.2 Å². The van der Waals surface area contributed by atoms with Crippen LogP contribution in [-0.4, -0.2) is 38.3 Å². The number of nitrogens with one attached hydrogen (secondary N) is 2. The maximum atomic E-state index is 11.6. The Kier molecular flexibility index (Phi) is 4.92. The lowest BCUT2D eigenvalue weighted by Gasteiger charge is -2.12. The topological polar surface area (TPSA) is 122 Å². The Hall–Kier alpha value is -2.29. The standard InChI is InChI=1S/C11H14N2O6S/c1-7(14)12-8-3-4-10(19-2)9(5-8)13-20(17,18)6-11(15)16/h3-5,13H,6H2,1-2H3,(H,12,14)(H,15,16). The van der Waals surface area contributed by atoms with Gasteiger partial charge in [-0.15, -0.1) is 0 Å². The normalized spacial score (nSPS) is 10.7. The van der Waals surface area contributed by atoms with E-state index >= 15 is 0 Å².